The number of benzene rings is 1. The Bertz CT molecular complexity index is 1140. The van der Waals surface area contributed by atoms with Crippen molar-refractivity contribution in [2.45, 2.75) is 18.7 Å². The van der Waals surface area contributed by atoms with E-state index in [1.54, 1.807) is 35.4 Å². The molecule has 2 unspecified atom stereocenters. The van der Waals surface area contributed by atoms with E-state index < -0.39 is 11.9 Å². The van der Waals surface area contributed by atoms with E-state index >= 15 is 0 Å². The van der Waals surface area contributed by atoms with Gasteiger partial charge in [0.15, 0.2) is 0 Å². The second-order valence-electron chi connectivity index (χ2n) is 8.62. The van der Waals surface area contributed by atoms with Crippen LogP contribution in [0.25, 0.3) is 11.1 Å². The summed E-state index contributed by atoms with van der Waals surface area (Å²) in [5.41, 5.74) is 7.58. The van der Waals surface area contributed by atoms with Crippen molar-refractivity contribution in [3.8, 4) is 11.1 Å². The second kappa shape index (κ2) is 7.27. The van der Waals surface area contributed by atoms with Gasteiger partial charge in [-0.05, 0) is 42.2 Å². The molecule has 1 aromatic carbocycles. The zero-order valence-electron chi connectivity index (χ0n) is 17.2. The number of aromatic nitrogens is 4. The summed E-state index contributed by atoms with van der Waals surface area (Å²) in [6.45, 7) is 2.58. The molecule has 2 N–H and O–H groups in total. The van der Waals surface area contributed by atoms with Crippen LogP contribution in [0.5, 0.6) is 0 Å². The Morgan fingerprint density at radius 1 is 1.16 bits per heavy atom. The number of anilines is 2. The van der Waals surface area contributed by atoms with Gasteiger partial charge in [0, 0.05) is 42.7 Å². The first-order chi connectivity index (χ1) is 15.6. The fourth-order valence-electron chi connectivity index (χ4n) is 4.76. The summed E-state index contributed by atoms with van der Waals surface area (Å²) in [5, 5.41) is 7.63. The van der Waals surface area contributed by atoms with Crippen LogP contribution in [0.15, 0.2) is 48.9 Å². The van der Waals surface area contributed by atoms with E-state index in [4.69, 9.17) is 10.5 Å². The molecule has 0 spiro atoms. The highest BCUT2D eigenvalue weighted by Crippen LogP contribution is 2.45. The number of nitrogens with zero attached hydrogens (tertiary/aromatic N) is 6. The van der Waals surface area contributed by atoms with Crippen LogP contribution < -0.4 is 15.5 Å². The number of piperidine rings is 1. The van der Waals surface area contributed by atoms with Crippen molar-refractivity contribution in [1.82, 2.24) is 20.0 Å². The van der Waals surface area contributed by atoms with E-state index in [9.17, 15) is 9.18 Å². The number of halogens is 1. The molecule has 2 aromatic heterocycles. The molecule has 9 nitrogen and oxygen atoms in total. The van der Waals surface area contributed by atoms with Gasteiger partial charge < -0.3 is 15.4 Å². The Balaban J connectivity index is 1.16. The van der Waals surface area contributed by atoms with Crippen molar-refractivity contribution in [3.05, 3.63) is 54.7 Å². The van der Waals surface area contributed by atoms with E-state index in [1.807, 2.05) is 12.1 Å². The molecule has 164 valence electrons. The number of ether oxygens (including phenoxy) is 1. The van der Waals surface area contributed by atoms with Crippen LogP contribution in [0.2, 0.25) is 0 Å². The van der Waals surface area contributed by atoms with Gasteiger partial charge in [-0.2, -0.15) is 0 Å². The number of carbonyl (C=O) groups excluding carboxylic acids is 1. The lowest BCUT2D eigenvalue weighted by atomic mass is 10.1. The minimum absolute atomic E-state index is 0.315. The van der Waals surface area contributed by atoms with Crippen LogP contribution >= 0.6 is 0 Å². The quantitative estimate of drug-likeness (QED) is 0.653. The lowest BCUT2D eigenvalue weighted by Gasteiger charge is -2.20. The fourth-order valence-corrected chi connectivity index (χ4v) is 4.76. The van der Waals surface area contributed by atoms with Gasteiger partial charge in [0.25, 0.3) is 0 Å². The van der Waals surface area contributed by atoms with E-state index in [0.29, 0.717) is 47.8 Å². The summed E-state index contributed by atoms with van der Waals surface area (Å²) in [6.07, 6.45) is 4.07. The zero-order chi connectivity index (χ0) is 21.8. The molecule has 0 bridgehead atoms. The Morgan fingerprint density at radius 2 is 2.00 bits per heavy atom. The van der Waals surface area contributed by atoms with Crippen molar-refractivity contribution in [2.75, 3.05) is 29.4 Å². The first kappa shape index (κ1) is 19.2. The number of rotatable bonds is 5. The van der Waals surface area contributed by atoms with Gasteiger partial charge >= 0.3 is 6.09 Å². The number of pyridine rings is 1. The Morgan fingerprint density at radius 3 is 2.69 bits per heavy atom. The first-order valence-corrected chi connectivity index (χ1v) is 10.7. The summed E-state index contributed by atoms with van der Waals surface area (Å²) in [5.74, 6) is 1.63. The molecular weight excluding hydrogens is 413 g/mol. The molecule has 0 radical (unpaired) electrons. The highest BCUT2D eigenvalue weighted by atomic mass is 19.1. The topological polar surface area (TPSA) is 102 Å². The van der Waals surface area contributed by atoms with Crippen molar-refractivity contribution >= 4 is 17.6 Å². The number of cyclic esters (lactones) is 1. The molecule has 10 heteroatoms. The minimum Gasteiger partial charge on any atom is -0.442 e. The molecule has 3 aliphatic rings. The Kier molecular flexibility index (Phi) is 4.35. The van der Waals surface area contributed by atoms with Gasteiger partial charge in [0.1, 0.15) is 17.7 Å². The average Bonchev–Trinajstić information content (AvgIpc) is 3.30. The SMILES string of the molecule is NC1C2CN(c3ccc(-c4ccc(N5C[C@H](Cn6ccnn6)OC5=O)cc4F)cn3)CC12. The maximum absolute atomic E-state index is 15.0. The molecule has 4 heterocycles. The average molecular weight is 435 g/mol. The molecule has 1 saturated carbocycles. The number of fused-ring (bicyclic) bond motifs is 1. The summed E-state index contributed by atoms with van der Waals surface area (Å²) in [6, 6.07) is 8.89. The maximum Gasteiger partial charge on any atom is 0.414 e. The molecule has 3 fully saturated rings. The molecule has 6 rings (SSSR count). The van der Waals surface area contributed by atoms with Crippen LogP contribution in [-0.4, -0.2) is 57.9 Å². The number of hydrogen-bond acceptors (Lipinski definition) is 7. The number of amides is 1. The van der Waals surface area contributed by atoms with Crippen LogP contribution in [-0.2, 0) is 11.3 Å². The smallest absolute Gasteiger partial charge is 0.414 e. The summed E-state index contributed by atoms with van der Waals surface area (Å²) in [7, 11) is 0. The van der Waals surface area contributed by atoms with Crippen molar-refractivity contribution in [3.63, 3.8) is 0 Å². The largest absolute Gasteiger partial charge is 0.442 e. The van der Waals surface area contributed by atoms with Crippen molar-refractivity contribution < 1.29 is 13.9 Å². The molecule has 2 saturated heterocycles. The predicted molar refractivity (Wildman–Crippen MR) is 114 cm³/mol. The molecule has 3 atom stereocenters. The van der Waals surface area contributed by atoms with E-state index in [1.165, 1.54) is 11.0 Å². The van der Waals surface area contributed by atoms with E-state index in [2.05, 4.69) is 20.2 Å². The third kappa shape index (κ3) is 3.27. The Hall–Kier alpha value is -3.53. The number of nitrogens with two attached hydrogens (primary N) is 1. The lowest BCUT2D eigenvalue weighted by Crippen LogP contribution is -2.28. The minimum atomic E-state index is -0.503. The van der Waals surface area contributed by atoms with E-state index in [0.717, 1.165) is 18.9 Å². The van der Waals surface area contributed by atoms with Gasteiger partial charge in [-0.15, -0.1) is 5.10 Å². The number of hydrogen-bond donors (Lipinski definition) is 1. The molecule has 3 aromatic rings. The Labute approximate surface area is 183 Å². The van der Waals surface area contributed by atoms with E-state index in [-0.39, 0.29) is 6.10 Å². The van der Waals surface area contributed by atoms with Gasteiger partial charge in [-0.1, -0.05) is 5.21 Å². The van der Waals surface area contributed by atoms with Gasteiger partial charge in [-0.3, -0.25) is 4.90 Å². The van der Waals surface area contributed by atoms with Crippen LogP contribution in [0.3, 0.4) is 0 Å². The van der Waals surface area contributed by atoms with Gasteiger partial charge in [-0.25, -0.2) is 18.9 Å². The highest BCUT2D eigenvalue weighted by molar-refractivity contribution is 5.90. The standard InChI is InChI=1S/C22H22FN7O2/c23-19-7-14(30-10-15(32-22(30)31)9-29-6-5-26-27-29)2-3-16(19)13-1-4-20(25-8-13)28-11-17-18(12-28)21(17)24/h1-8,15,17-18,21H,9-12,24H2/t15-,17?,18?,21?/m0/s1. The predicted octanol–water partition coefficient (Wildman–Crippen LogP) is 1.90. The maximum atomic E-state index is 15.0. The van der Waals surface area contributed by atoms with Crippen LogP contribution in [0.4, 0.5) is 20.7 Å². The van der Waals surface area contributed by atoms with Gasteiger partial charge in [0.05, 0.1) is 25.0 Å². The second-order valence-corrected chi connectivity index (χ2v) is 8.62. The lowest BCUT2D eigenvalue weighted by molar-refractivity contribution is 0.129. The van der Waals surface area contributed by atoms with Crippen molar-refractivity contribution in [2.24, 2.45) is 17.6 Å². The molecule has 2 aliphatic heterocycles. The molecule has 32 heavy (non-hydrogen) atoms. The normalized spacial score (nSPS) is 26.4. The molecule has 1 amide bonds. The third-order valence-corrected chi connectivity index (χ3v) is 6.64. The monoisotopic (exact) mass is 435 g/mol. The summed E-state index contributed by atoms with van der Waals surface area (Å²) >= 11 is 0. The molecular formula is C22H22FN7O2. The third-order valence-electron chi connectivity index (χ3n) is 6.64. The summed E-state index contributed by atoms with van der Waals surface area (Å²) in [4.78, 5) is 20.5. The molecule has 1 aliphatic carbocycles. The number of carbonyl (C=O) groups is 1. The van der Waals surface area contributed by atoms with Crippen LogP contribution in [0, 0.1) is 17.7 Å². The fraction of sp³-hybridized carbons (Fsp3) is 0.364. The van der Waals surface area contributed by atoms with Gasteiger partial charge in [0.2, 0.25) is 0 Å². The zero-order valence-corrected chi connectivity index (χ0v) is 17.2. The van der Waals surface area contributed by atoms with Crippen LogP contribution in [0.1, 0.15) is 0 Å². The summed E-state index contributed by atoms with van der Waals surface area (Å²) < 4.78 is 22.0. The highest BCUT2D eigenvalue weighted by Gasteiger charge is 2.53. The van der Waals surface area contributed by atoms with Crippen molar-refractivity contribution in [1.29, 1.82) is 0 Å². The first-order valence-electron chi connectivity index (χ1n) is 10.7.